The van der Waals surface area contributed by atoms with Gasteiger partial charge < -0.3 is 14.5 Å². The van der Waals surface area contributed by atoms with E-state index in [9.17, 15) is 24.5 Å². The molecule has 37 heavy (non-hydrogen) atoms. The third-order valence-corrected chi connectivity index (χ3v) is 6.51. The number of nitro groups is 1. The van der Waals surface area contributed by atoms with Crippen molar-refractivity contribution in [1.82, 2.24) is 4.90 Å². The Bertz CT molecular complexity index is 1410. The Morgan fingerprint density at radius 2 is 1.89 bits per heavy atom. The van der Waals surface area contributed by atoms with Gasteiger partial charge in [-0.2, -0.15) is 0 Å². The molecule has 2 aromatic carbocycles. The molecule has 0 radical (unpaired) electrons. The molecular formula is C26H23N3O7S. The van der Waals surface area contributed by atoms with Crippen molar-refractivity contribution in [3.63, 3.8) is 0 Å². The van der Waals surface area contributed by atoms with E-state index in [0.29, 0.717) is 29.1 Å². The van der Waals surface area contributed by atoms with Crippen LogP contribution < -0.4 is 10.1 Å². The molecule has 1 aliphatic heterocycles. The van der Waals surface area contributed by atoms with Crippen molar-refractivity contribution in [2.75, 3.05) is 19.0 Å². The zero-order chi connectivity index (χ0) is 26.7. The van der Waals surface area contributed by atoms with Crippen LogP contribution in [0, 0.1) is 10.1 Å². The van der Waals surface area contributed by atoms with Crippen LogP contribution in [0.5, 0.6) is 5.75 Å². The van der Waals surface area contributed by atoms with Crippen LogP contribution in [0.2, 0.25) is 0 Å². The molecule has 0 bridgehead atoms. The molecule has 3 amide bonds. The Morgan fingerprint density at radius 3 is 2.54 bits per heavy atom. The maximum Gasteiger partial charge on any atom is 0.294 e. The summed E-state index contributed by atoms with van der Waals surface area (Å²) in [5, 5.41) is 13.6. The number of hydrogen-bond donors (Lipinski definition) is 1. The Labute approximate surface area is 216 Å². The molecule has 1 saturated heterocycles. The van der Waals surface area contributed by atoms with Gasteiger partial charge in [0.25, 0.3) is 16.8 Å². The second-order valence-electron chi connectivity index (χ2n) is 8.43. The molecule has 4 rings (SSSR count). The number of furan rings is 1. The molecular weight excluding hydrogens is 498 g/mol. The average Bonchev–Trinajstić information content (AvgIpc) is 3.44. The Balaban J connectivity index is 1.46. The van der Waals surface area contributed by atoms with Gasteiger partial charge in [0, 0.05) is 11.8 Å². The van der Waals surface area contributed by atoms with E-state index in [1.165, 1.54) is 37.5 Å². The second kappa shape index (κ2) is 10.7. The van der Waals surface area contributed by atoms with Crippen LogP contribution in [0.15, 0.2) is 63.9 Å². The number of imide groups is 1. The highest BCUT2D eigenvalue weighted by molar-refractivity contribution is 8.18. The lowest BCUT2D eigenvalue weighted by atomic mass is 10.0. The SMILES string of the molecule is COc1ccc(-c2ccc(/C=C3/SC(=O)N(CC(=O)Nc4ccc(C(C)C)cc4)C3=O)o2)c([N+](=O)[O-])c1. The first-order valence-corrected chi connectivity index (χ1v) is 12.1. The lowest BCUT2D eigenvalue weighted by Crippen LogP contribution is -2.36. The van der Waals surface area contributed by atoms with Gasteiger partial charge >= 0.3 is 0 Å². The summed E-state index contributed by atoms with van der Waals surface area (Å²) in [7, 11) is 1.41. The van der Waals surface area contributed by atoms with Crippen molar-refractivity contribution >= 4 is 46.3 Å². The Hall–Kier alpha value is -4.38. The van der Waals surface area contributed by atoms with Crippen molar-refractivity contribution in [2.45, 2.75) is 19.8 Å². The number of hydrogen-bond acceptors (Lipinski definition) is 8. The van der Waals surface area contributed by atoms with Crippen LogP contribution in [0.4, 0.5) is 16.2 Å². The van der Waals surface area contributed by atoms with E-state index in [0.717, 1.165) is 10.5 Å². The van der Waals surface area contributed by atoms with Crippen molar-refractivity contribution in [3.8, 4) is 17.1 Å². The average molecular weight is 522 g/mol. The topological polar surface area (TPSA) is 132 Å². The highest BCUT2D eigenvalue weighted by Gasteiger charge is 2.36. The number of benzene rings is 2. The van der Waals surface area contributed by atoms with E-state index < -0.39 is 28.5 Å². The van der Waals surface area contributed by atoms with Gasteiger partial charge in [0.2, 0.25) is 5.91 Å². The molecule has 190 valence electrons. The van der Waals surface area contributed by atoms with Crippen molar-refractivity contribution in [1.29, 1.82) is 0 Å². The van der Waals surface area contributed by atoms with Crippen LogP contribution in [-0.4, -0.2) is 40.5 Å². The predicted molar refractivity (Wildman–Crippen MR) is 139 cm³/mol. The fourth-order valence-electron chi connectivity index (χ4n) is 3.63. The van der Waals surface area contributed by atoms with Gasteiger partial charge in [0.05, 0.1) is 28.6 Å². The summed E-state index contributed by atoms with van der Waals surface area (Å²) in [5.74, 6) is -0.0273. The number of rotatable bonds is 8. The standard InChI is InChI=1S/C26H23N3O7S/c1-15(2)16-4-6-17(7-5-16)27-24(30)14-28-25(31)23(37-26(28)32)13-19-9-11-22(36-19)20-10-8-18(35-3)12-21(20)29(33)34/h4-13,15H,14H2,1-3H3,(H,27,30)/b23-13+. The smallest absolute Gasteiger partial charge is 0.294 e. The number of carbonyl (C=O) groups is 3. The van der Waals surface area contributed by atoms with E-state index in [1.54, 1.807) is 18.2 Å². The minimum atomic E-state index is -0.631. The molecule has 10 nitrogen and oxygen atoms in total. The fourth-order valence-corrected chi connectivity index (χ4v) is 4.45. The number of amides is 3. The zero-order valence-electron chi connectivity index (χ0n) is 20.2. The maximum absolute atomic E-state index is 12.8. The molecule has 2 heterocycles. The third kappa shape index (κ3) is 5.72. The predicted octanol–water partition coefficient (Wildman–Crippen LogP) is 5.66. The number of thioether (sulfide) groups is 1. The van der Waals surface area contributed by atoms with Crippen molar-refractivity contribution in [3.05, 3.63) is 80.9 Å². The molecule has 0 aliphatic carbocycles. The summed E-state index contributed by atoms with van der Waals surface area (Å²) in [4.78, 5) is 49.6. The Kier molecular flexibility index (Phi) is 7.44. The van der Waals surface area contributed by atoms with Gasteiger partial charge in [0.15, 0.2) is 0 Å². The van der Waals surface area contributed by atoms with Crippen LogP contribution in [-0.2, 0) is 9.59 Å². The molecule has 1 N–H and O–H groups in total. The van der Waals surface area contributed by atoms with Crippen LogP contribution >= 0.6 is 11.8 Å². The summed E-state index contributed by atoms with van der Waals surface area (Å²) in [6.07, 6.45) is 1.37. The van der Waals surface area contributed by atoms with E-state index >= 15 is 0 Å². The van der Waals surface area contributed by atoms with Gasteiger partial charge in [-0.25, -0.2) is 0 Å². The molecule has 0 atom stereocenters. The van der Waals surface area contributed by atoms with Crippen molar-refractivity contribution in [2.24, 2.45) is 0 Å². The number of methoxy groups -OCH3 is 1. The Morgan fingerprint density at radius 1 is 1.16 bits per heavy atom. The summed E-state index contributed by atoms with van der Waals surface area (Å²) in [6, 6.07) is 14.8. The first-order valence-electron chi connectivity index (χ1n) is 11.2. The first-order chi connectivity index (χ1) is 17.7. The zero-order valence-corrected chi connectivity index (χ0v) is 21.0. The number of anilines is 1. The third-order valence-electron chi connectivity index (χ3n) is 5.60. The van der Waals surface area contributed by atoms with Gasteiger partial charge in [-0.05, 0) is 59.6 Å². The molecule has 1 aliphatic rings. The monoisotopic (exact) mass is 521 g/mol. The number of carbonyl (C=O) groups excluding carboxylic acids is 3. The molecule has 0 spiro atoms. The molecule has 11 heteroatoms. The van der Waals surface area contributed by atoms with Gasteiger partial charge in [-0.15, -0.1) is 0 Å². The lowest BCUT2D eigenvalue weighted by molar-refractivity contribution is -0.384. The first kappa shape index (κ1) is 25.7. The number of nitrogens with one attached hydrogen (secondary N) is 1. The van der Waals surface area contributed by atoms with Gasteiger partial charge in [0.1, 0.15) is 23.8 Å². The lowest BCUT2D eigenvalue weighted by Gasteiger charge is -2.13. The highest BCUT2D eigenvalue weighted by Crippen LogP contribution is 2.36. The van der Waals surface area contributed by atoms with E-state index in [-0.39, 0.29) is 27.7 Å². The summed E-state index contributed by atoms with van der Waals surface area (Å²) in [5.41, 5.74) is 1.71. The van der Waals surface area contributed by atoms with Crippen LogP contribution in [0.1, 0.15) is 31.1 Å². The largest absolute Gasteiger partial charge is 0.497 e. The summed E-state index contributed by atoms with van der Waals surface area (Å²) >= 11 is 0.682. The quantitative estimate of drug-likeness (QED) is 0.228. The van der Waals surface area contributed by atoms with Crippen molar-refractivity contribution < 1.29 is 28.5 Å². The van der Waals surface area contributed by atoms with E-state index in [4.69, 9.17) is 9.15 Å². The van der Waals surface area contributed by atoms with Crippen LogP contribution in [0.3, 0.4) is 0 Å². The number of nitrogens with zero attached hydrogens (tertiary/aromatic N) is 2. The number of ether oxygens (including phenoxy) is 1. The normalized spacial score (nSPS) is 14.5. The maximum atomic E-state index is 12.8. The second-order valence-corrected chi connectivity index (χ2v) is 9.43. The molecule has 0 saturated carbocycles. The fraction of sp³-hybridized carbons (Fsp3) is 0.192. The molecule has 3 aromatic rings. The minimum absolute atomic E-state index is 0.0733. The highest BCUT2D eigenvalue weighted by atomic mass is 32.2. The van der Waals surface area contributed by atoms with E-state index in [2.05, 4.69) is 19.2 Å². The summed E-state index contributed by atoms with van der Waals surface area (Å²) in [6.45, 7) is 3.69. The van der Waals surface area contributed by atoms with Gasteiger partial charge in [-0.1, -0.05) is 26.0 Å². The van der Waals surface area contributed by atoms with Crippen LogP contribution in [0.25, 0.3) is 17.4 Å². The minimum Gasteiger partial charge on any atom is -0.497 e. The molecule has 0 unspecified atom stereocenters. The molecule has 1 fully saturated rings. The number of nitro benzene ring substituents is 1. The summed E-state index contributed by atoms with van der Waals surface area (Å²) < 4.78 is 10.8. The van der Waals surface area contributed by atoms with Gasteiger partial charge in [-0.3, -0.25) is 29.4 Å². The molecule has 1 aromatic heterocycles. The van der Waals surface area contributed by atoms with E-state index in [1.807, 2.05) is 12.1 Å².